The van der Waals surface area contributed by atoms with Gasteiger partial charge in [-0.1, -0.05) is 20.3 Å². The van der Waals surface area contributed by atoms with Crippen molar-refractivity contribution in [3.63, 3.8) is 0 Å². The maximum Gasteiger partial charge on any atom is 0.0730 e. The zero-order valence-electron chi connectivity index (χ0n) is 11.7. The van der Waals surface area contributed by atoms with Crippen LogP contribution >= 0.6 is 0 Å². The summed E-state index contributed by atoms with van der Waals surface area (Å²) in [6.45, 7) is 5.80. The van der Waals surface area contributed by atoms with Gasteiger partial charge in [0.1, 0.15) is 0 Å². The van der Waals surface area contributed by atoms with Crippen molar-refractivity contribution in [1.82, 2.24) is 5.32 Å². The van der Waals surface area contributed by atoms with Gasteiger partial charge < -0.3 is 10.1 Å². The zero-order valence-corrected chi connectivity index (χ0v) is 11.7. The number of nitrogens with one attached hydrogen (secondary N) is 1. The van der Waals surface area contributed by atoms with E-state index in [-0.39, 0.29) is 0 Å². The summed E-state index contributed by atoms with van der Waals surface area (Å²) in [5.74, 6) is 2.62. The molecule has 0 aromatic heterocycles. The number of hydrogen-bond donors (Lipinski definition) is 1. The van der Waals surface area contributed by atoms with E-state index < -0.39 is 0 Å². The van der Waals surface area contributed by atoms with Crippen LogP contribution in [0.4, 0.5) is 0 Å². The molecular formula is C15H29NO. The van der Waals surface area contributed by atoms with Gasteiger partial charge in [-0.2, -0.15) is 0 Å². The van der Waals surface area contributed by atoms with E-state index in [1.165, 1.54) is 38.5 Å². The van der Waals surface area contributed by atoms with Gasteiger partial charge in [-0.05, 0) is 56.9 Å². The van der Waals surface area contributed by atoms with Crippen LogP contribution in [0.3, 0.4) is 0 Å². The molecule has 1 N–H and O–H groups in total. The lowest BCUT2D eigenvalue weighted by atomic mass is 9.72. The Morgan fingerprint density at radius 1 is 1.06 bits per heavy atom. The van der Waals surface area contributed by atoms with Crippen molar-refractivity contribution in [1.29, 1.82) is 0 Å². The summed E-state index contributed by atoms with van der Waals surface area (Å²) in [7, 11) is 2.12. The SMILES string of the molecule is CNC(C1CCC(C)C(C)C1)C1CCCCO1. The first kappa shape index (κ1) is 13.4. The van der Waals surface area contributed by atoms with Crippen molar-refractivity contribution >= 4 is 0 Å². The number of hydrogen-bond acceptors (Lipinski definition) is 2. The maximum atomic E-state index is 5.98. The van der Waals surface area contributed by atoms with Crippen LogP contribution < -0.4 is 5.32 Å². The average molecular weight is 239 g/mol. The first-order chi connectivity index (χ1) is 8.22. The van der Waals surface area contributed by atoms with Gasteiger partial charge >= 0.3 is 0 Å². The van der Waals surface area contributed by atoms with Crippen molar-refractivity contribution in [2.45, 2.75) is 64.5 Å². The minimum absolute atomic E-state index is 0.472. The zero-order chi connectivity index (χ0) is 12.3. The van der Waals surface area contributed by atoms with Crippen LogP contribution in [0, 0.1) is 17.8 Å². The number of ether oxygens (including phenoxy) is 1. The number of rotatable bonds is 3. The molecule has 2 rings (SSSR count). The molecule has 5 atom stereocenters. The van der Waals surface area contributed by atoms with Gasteiger partial charge in [0, 0.05) is 12.6 Å². The molecule has 5 unspecified atom stereocenters. The van der Waals surface area contributed by atoms with Gasteiger partial charge in [0.2, 0.25) is 0 Å². The van der Waals surface area contributed by atoms with Crippen LogP contribution in [0.1, 0.15) is 52.4 Å². The first-order valence-corrected chi connectivity index (χ1v) is 7.51. The maximum absolute atomic E-state index is 5.98. The van der Waals surface area contributed by atoms with Crippen molar-refractivity contribution in [3.05, 3.63) is 0 Å². The predicted octanol–water partition coefficient (Wildman–Crippen LogP) is 3.22. The van der Waals surface area contributed by atoms with Gasteiger partial charge in [0.15, 0.2) is 0 Å². The van der Waals surface area contributed by atoms with Gasteiger partial charge in [0.25, 0.3) is 0 Å². The fourth-order valence-electron chi connectivity index (χ4n) is 3.69. The minimum atomic E-state index is 0.472. The van der Waals surface area contributed by atoms with Crippen molar-refractivity contribution < 1.29 is 4.74 Å². The van der Waals surface area contributed by atoms with Gasteiger partial charge in [0.05, 0.1) is 6.10 Å². The molecule has 2 fully saturated rings. The lowest BCUT2D eigenvalue weighted by Gasteiger charge is -2.40. The third kappa shape index (κ3) is 3.23. The third-order valence-corrected chi connectivity index (χ3v) is 5.10. The third-order valence-electron chi connectivity index (χ3n) is 5.10. The molecular weight excluding hydrogens is 210 g/mol. The van der Waals surface area contributed by atoms with E-state index in [1.807, 2.05) is 0 Å². The average Bonchev–Trinajstić information content (AvgIpc) is 2.36. The Bertz CT molecular complexity index is 225. The number of likely N-dealkylation sites (N-methyl/N-ethyl adjacent to an activating group) is 1. The summed E-state index contributed by atoms with van der Waals surface area (Å²) in [6, 6.07) is 0.588. The summed E-state index contributed by atoms with van der Waals surface area (Å²) in [5.41, 5.74) is 0. The van der Waals surface area contributed by atoms with Crippen LogP contribution in [0.25, 0.3) is 0 Å². The molecule has 1 aliphatic carbocycles. The van der Waals surface area contributed by atoms with Crippen molar-refractivity contribution in [3.8, 4) is 0 Å². The molecule has 0 radical (unpaired) electrons. The highest BCUT2D eigenvalue weighted by molar-refractivity contribution is 4.88. The Balaban J connectivity index is 1.93. The minimum Gasteiger partial charge on any atom is -0.377 e. The van der Waals surface area contributed by atoms with E-state index in [9.17, 15) is 0 Å². The molecule has 1 saturated heterocycles. The summed E-state index contributed by atoms with van der Waals surface area (Å²) < 4.78 is 5.98. The van der Waals surface area contributed by atoms with Gasteiger partial charge in [-0.15, -0.1) is 0 Å². The van der Waals surface area contributed by atoms with E-state index in [0.29, 0.717) is 12.1 Å². The molecule has 0 spiro atoms. The molecule has 0 bridgehead atoms. The molecule has 1 aliphatic heterocycles. The van der Waals surface area contributed by atoms with Crippen molar-refractivity contribution in [2.75, 3.05) is 13.7 Å². The largest absolute Gasteiger partial charge is 0.377 e. The molecule has 1 heterocycles. The molecule has 2 aliphatic rings. The van der Waals surface area contributed by atoms with Crippen molar-refractivity contribution in [2.24, 2.45) is 17.8 Å². The Kier molecular flexibility index (Phi) is 4.87. The Morgan fingerprint density at radius 3 is 2.47 bits per heavy atom. The molecule has 2 nitrogen and oxygen atoms in total. The fourth-order valence-corrected chi connectivity index (χ4v) is 3.69. The van der Waals surface area contributed by atoms with E-state index in [2.05, 4.69) is 26.2 Å². The summed E-state index contributed by atoms with van der Waals surface area (Å²) in [4.78, 5) is 0. The molecule has 100 valence electrons. The van der Waals surface area contributed by atoms with Crippen LogP contribution in [0.2, 0.25) is 0 Å². The lowest BCUT2D eigenvalue weighted by Crippen LogP contribution is -2.48. The van der Waals surface area contributed by atoms with Gasteiger partial charge in [-0.25, -0.2) is 0 Å². The molecule has 1 saturated carbocycles. The fraction of sp³-hybridized carbons (Fsp3) is 1.00. The molecule has 0 aromatic carbocycles. The summed E-state index contributed by atoms with van der Waals surface area (Å²) in [6.07, 6.45) is 8.50. The lowest BCUT2D eigenvalue weighted by molar-refractivity contribution is -0.0281. The highest BCUT2D eigenvalue weighted by Gasteiger charge is 2.34. The summed E-state index contributed by atoms with van der Waals surface area (Å²) in [5, 5.41) is 3.55. The highest BCUT2D eigenvalue weighted by atomic mass is 16.5. The van der Waals surface area contributed by atoms with E-state index in [1.54, 1.807) is 0 Å². The first-order valence-electron chi connectivity index (χ1n) is 7.51. The molecule has 0 aromatic rings. The van der Waals surface area contributed by atoms with E-state index in [0.717, 1.165) is 24.4 Å². The summed E-state index contributed by atoms with van der Waals surface area (Å²) >= 11 is 0. The van der Waals surface area contributed by atoms with E-state index in [4.69, 9.17) is 4.74 Å². The van der Waals surface area contributed by atoms with Crippen LogP contribution in [-0.4, -0.2) is 25.8 Å². The van der Waals surface area contributed by atoms with E-state index >= 15 is 0 Å². The highest BCUT2D eigenvalue weighted by Crippen LogP contribution is 2.37. The predicted molar refractivity (Wildman–Crippen MR) is 72.1 cm³/mol. The van der Waals surface area contributed by atoms with Gasteiger partial charge in [-0.3, -0.25) is 0 Å². The quantitative estimate of drug-likeness (QED) is 0.816. The van der Waals surface area contributed by atoms with Crippen LogP contribution in [0.5, 0.6) is 0 Å². The topological polar surface area (TPSA) is 21.3 Å². The standard InChI is InChI=1S/C15H29NO/c1-11-7-8-13(10-12(11)2)15(16-3)14-6-4-5-9-17-14/h11-16H,4-10H2,1-3H3. The smallest absolute Gasteiger partial charge is 0.0730 e. The normalized spacial score (nSPS) is 41.1. The molecule has 17 heavy (non-hydrogen) atoms. The van der Waals surface area contributed by atoms with Crippen LogP contribution in [0.15, 0.2) is 0 Å². The Morgan fingerprint density at radius 2 is 1.88 bits per heavy atom. The monoisotopic (exact) mass is 239 g/mol. The second-order valence-corrected chi connectivity index (χ2v) is 6.25. The Labute approximate surface area is 107 Å². The second-order valence-electron chi connectivity index (χ2n) is 6.25. The Hall–Kier alpha value is -0.0800. The van der Waals surface area contributed by atoms with Crippen LogP contribution in [-0.2, 0) is 4.74 Å². The molecule has 0 amide bonds. The second kappa shape index (κ2) is 6.19. The molecule has 2 heteroatoms.